The first kappa shape index (κ1) is 23.8. The van der Waals surface area contributed by atoms with Crippen LogP contribution in [-0.2, 0) is 21.4 Å². The topological polar surface area (TPSA) is 71.7 Å². The van der Waals surface area contributed by atoms with Crippen molar-refractivity contribution in [1.82, 2.24) is 8.87 Å². The van der Waals surface area contributed by atoms with Crippen molar-refractivity contribution in [3.05, 3.63) is 52.8 Å². The fourth-order valence-corrected chi connectivity index (χ4v) is 6.96. The van der Waals surface area contributed by atoms with Crippen LogP contribution in [0.25, 0.3) is 10.2 Å². The zero-order valence-corrected chi connectivity index (χ0v) is 21.0. The fourth-order valence-electron chi connectivity index (χ4n) is 3.90. The molecule has 172 valence electrons. The van der Waals surface area contributed by atoms with Crippen LogP contribution in [0.3, 0.4) is 0 Å². The monoisotopic (exact) mass is 499 g/mol. The van der Waals surface area contributed by atoms with Gasteiger partial charge < -0.3 is 4.57 Å². The predicted octanol–water partition coefficient (Wildman–Crippen LogP) is 3.89. The number of carbonyl (C=O) groups excluding carboxylic acids is 1. The Hall–Kier alpha value is -2.38. The molecule has 3 aromatic rings. The van der Waals surface area contributed by atoms with Crippen molar-refractivity contribution in [1.29, 1.82) is 0 Å². The van der Waals surface area contributed by atoms with Gasteiger partial charge in [-0.3, -0.25) is 4.79 Å². The first-order chi connectivity index (χ1) is 15.8. The summed E-state index contributed by atoms with van der Waals surface area (Å²) in [6, 6.07) is 13.0. The number of sulfonamides is 1. The lowest BCUT2D eigenvalue weighted by Crippen LogP contribution is -2.40. The highest BCUT2D eigenvalue weighted by Gasteiger charge is 2.32. The normalized spacial score (nSPS) is 16.2. The van der Waals surface area contributed by atoms with Gasteiger partial charge in [-0.2, -0.15) is 9.30 Å². The molecule has 0 N–H and O–H groups in total. The molecule has 0 unspecified atom stereocenters. The number of benzene rings is 2. The van der Waals surface area contributed by atoms with E-state index in [1.165, 1.54) is 15.6 Å². The highest BCUT2D eigenvalue weighted by Crippen LogP contribution is 2.26. The molecule has 9 heteroatoms. The van der Waals surface area contributed by atoms with Gasteiger partial charge in [0.2, 0.25) is 10.0 Å². The Morgan fingerprint density at radius 3 is 2.55 bits per heavy atom. The van der Waals surface area contributed by atoms with E-state index in [-0.39, 0.29) is 16.7 Å². The van der Waals surface area contributed by atoms with E-state index in [9.17, 15) is 13.2 Å². The molecule has 2 aromatic carbocycles. The molecule has 1 aliphatic heterocycles. The molecular weight excluding hydrogens is 474 g/mol. The molecule has 0 radical (unpaired) electrons. The number of carbonyl (C=O) groups is 1. The highest BCUT2D eigenvalue weighted by molar-refractivity contribution is 7.98. The maximum Gasteiger partial charge on any atom is 0.251 e. The third kappa shape index (κ3) is 4.94. The second kappa shape index (κ2) is 9.85. The van der Waals surface area contributed by atoms with E-state index in [4.69, 9.17) is 6.42 Å². The van der Waals surface area contributed by atoms with Crippen LogP contribution in [0.15, 0.2) is 57.2 Å². The molecule has 0 bridgehead atoms. The number of terminal acetylenes is 1. The van der Waals surface area contributed by atoms with E-state index in [1.807, 2.05) is 29.9 Å². The van der Waals surface area contributed by atoms with Crippen LogP contribution < -0.4 is 4.80 Å². The van der Waals surface area contributed by atoms with Gasteiger partial charge in [0, 0.05) is 23.9 Å². The van der Waals surface area contributed by atoms with Crippen molar-refractivity contribution in [2.75, 3.05) is 19.3 Å². The van der Waals surface area contributed by atoms with Crippen molar-refractivity contribution in [2.24, 2.45) is 10.9 Å². The summed E-state index contributed by atoms with van der Waals surface area (Å²) < 4.78 is 30.2. The molecule has 33 heavy (non-hydrogen) atoms. The Morgan fingerprint density at radius 2 is 1.91 bits per heavy atom. The lowest BCUT2D eigenvalue weighted by atomic mass is 9.98. The summed E-state index contributed by atoms with van der Waals surface area (Å²) in [7, 11) is -3.56. The Bertz CT molecular complexity index is 1390. The molecule has 0 aliphatic carbocycles. The number of aromatic nitrogens is 1. The van der Waals surface area contributed by atoms with Crippen LogP contribution in [0, 0.1) is 25.2 Å². The van der Waals surface area contributed by atoms with E-state index in [2.05, 4.69) is 17.0 Å². The largest absolute Gasteiger partial charge is 0.305 e. The number of rotatable bonds is 5. The van der Waals surface area contributed by atoms with Gasteiger partial charge in [0.1, 0.15) is 0 Å². The molecule has 6 nitrogen and oxygen atoms in total. The van der Waals surface area contributed by atoms with Crippen LogP contribution >= 0.6 is 23.1 Å². The summed E-state index contributed by atoms with van der Waals surface area (Å²) in [6.45, 7) is 2.85. The van der Waals surface area contributed by atoms with Crippen LogP contribution in [-0.4, -0.2) is 42.5 Å². The van der Waals surface area contributed by atoms with Crippen LogP contribution in [0.1, 0.15) is 18.4 Å². The standard InChI is InChI=1S/C24H25N3O3S3/c1-4-13-27-21-10-7-19(31-3)16-22(21)32-24(27)25-23(28)18-11-14-26(15-12-18)33(29,30)20-8-5-17(2)6-9-20/h1,5-10,16,18H,11-15H2,2-3H3. The first-order valence-electron chi connectivity index (χ1n) is 10.6. The van der Waals surface area contributed by atoms with Gasteiger partial charge in [-0.1, -0.05) is 35.0 Å². The van der Waals surface area contributed by atoms with Crippen molar-refractivity contribution in [3.63, 3.8) is 0 Å². The van der Waals surface area contributed by atoms with Crippen molar-refractivity contribution >= 4 is 49.2 Å². The average molecular weight is 500 g/mol. The van der Waals surface area contributed by atoms with Gasteiger partial charge in [0.25, 0.3) is 5.91 Å². The van der Waals surface area contributed by atoms with Gasteiger partial charge in [-0.15, -0.1) is 18.2 Å². The molecule has 1 amide bonds. The third-order valence-electron chi connectivity index (χ3n) is 5.81. The maximum atomic E-state index is 13.0. The number of thioether (sulfide) groups is 1. The maximum absolute atomic E-state index is 13.0. The molecule has 1 fully saturated rings. The quantitative estimate of drug-likeness (QED) is 0.394. The number of hydrogen-bond acceptors (Lipinski definition) is 5. The number of hydrogen-bond donors (Lipinski definition) is 0. The summed E-state index contributed by atoms with van der Waals surface area (Å²) in [4.78, 5) is 19.4. The van der Waals surface area contributed by atoms with Gasteiger partial charge in [0.15, 0.2) is 4.80 Å². The number of aryl methyl sites for hydroxylation is 1. The second-order valence-corrected chi connectivity index (χ2v) is 11.8. The molecule has 2 heterocycles. The van der Waals surface area contributed by atoms with Crippen molar-refractivity contribution < 1.29 is 13.2 Å². The minimum Gasteiger partial charge on any atom is -0.305 e. The minimum absolute atomic E-state index is 0.218. The molecule has 1 aliphatic rings. The van der Waals surface area contributed by atoms with E-state index in [0.717, 1.165) is 20.7 Å². The molecular formula is C24H25N3O3S3. The van der Waals surface area contributed by atoms with Crippen molar-refractivity contribution in [3.8, 4) is 12.3 Å². The lowest BCUT2D eigenvalue weighted by molar-refractivity contribution is -0.122. The van der Waals surface area contributed by atoms with Crippen LogP contribution in [0.4, 0.5) is 0 Å². The number of piperidine rings is 1. The average Bonchev–Trinajstić information content (AvgIpc) is 3.15. The molecule has 1 aromatic heterocycles. The summed E-state index contributed by atoms with van der Waals surface area (Å²) >= 11 is 3.10. The van der Waals surface area contributed by atoms with Gasteiger partial charge in [0.05, 0.1) is 21.7 Å². The first-order valence-corrected chi connectivity index (χ1v) is 14.1. The Morgan fingerprint density at radius 1 is 1.21 bits per heavy atom. The minimum atomic E-state index is -3.56. The Labute approximate surface area is 202 Å². The summed E-state index contributed by atoms with van der Waals surface area (Å²) in [5.74, 6) is 2.12. The Kier molecular flexibility index (Phi) is 7.10. The summed E-state index contributed by atoms with van der Waals surface area (Å²) in [6.07, 6.45) is 8.48. The fraction of sp³-hybridized carbons (Fsp3) is 0.333. The Balaban J connectivity index is 1.53. The SMILES string of the molecule is C#CCn1c(=NC(=O)C2CCN(S(=O)(=O)c3ccc(C)cc3)CC2)sc2cc(SC)ccc21. The number of fused-ring (bicyclic) bond motifs is 1. The number of thiazole rings is 1. The molecule has 0 atom stereocenters. The van der Waals surface area contributed by atoms with E-state index >= 15 is 0 Å². The number of nitrogens with zero attached hydrogens (tertiary/aromatic N) is 3. The smallest absolute Gasteiger partial charge is 0.251 e. The second-order valence-electron chi connectivity index (χ2n) is 7.95. The van der Waals surface area contributed by atoms with Gasteiger partial charge in [-0.05, 0) is 56.4 Å². The zero-order valence-electron chi connectivity index (χ0n) is 18.5. The van der Waals surface area contributed by atoms with Crippen molar-refractivity contribution in [2.45, 2.75) is 36.1 Å². The summed E-state index contributed by atoms with van der Waals surface area (Å²) in [5.41, 5.74) is 1.97. The lowest BCUT2D eigenvalue weighted by Gasteiger charge is -2.29. The molecule has 4 rings (SSSR count). The van der Waals surface area contributed by atoms with Crippen LogP contribution in [0.2, 0.25) is 0 Å². The highest BCUT2D eigenvalue weighted by atomic mass is 32.2. The van der Waals surface area contributed by atoms with Gasteiger partial charge in [-0.25, -0.2) is 8.42 Å². The van der Waals surface area contributed by atoms with Crippen LogP contribution in [0.5, 0.6) is 0 Å². The number of amides is 1. The molecule has 0 saturated carbocycles. The third-order valence-corrected chi connectivity index (χ3v) is 9.49. The predicted molar refractivity (Wildman–Crippen MR) is 134 cm³/mol. The van der Waals surface area contributed by atoms with Gasteiger partial charge >= 0.3 is 0 Å². The van der Waals surface area contributed by atoms with E-state index in [0.29, 0.717) is 37.3 Å². The molecule has 0 spiro atoms. The van der Waals surface area contributed by atoms with E-state index in [1.54, 1.807) is 36.0 Å². The molecule has 1 saturated heterocycles. The summed E-state index contributed by atoms with van der Waals surface area (Å²) in [5, 5.41) is 0. The van der Waals surface area contributed by atoms with E-state index < -0.39 is 10.0 Å². The zero-order chi connectivity index (χ0) is 23.6.